The van der Waals surface area contributed by atoms with Gasteiger partial charge >= 0.3 is 0 Å². The van der Waals surface area contributed by atoms with Crippen LogP contribution in [0, 0.1) is 13.8 Å². The molecule has 0 fully saturated rings. The summed E-state index contributed by atoms with van der Waals surface area (Å²) in [6.07, 6.45) is 0. The highest BCUT2D eigenvalue weighted by molar-refractivity contribution is 5.91. The van der Waals surface area contributed by atoms with Crippen molar-refractivity contribution in [2.45, 2.75) is 46.7 Å². The summed E-state index contributed by atoms with van der Waals surface area (Å²) in [5.74, 6) is 0.851. The predicted octanol–water partition coefficient (Wildman–Crippen LogP) is 2.67. The molecule has 108 valence electrons. The fraction of sp³-hybridized carbons (Fsp3) is 0.467. The van der Waals surface area contributed by atoms with E-state index in [1.807, 2.05) is 51.4 Å². The molecule has 0 unspecified atom stereocenters. The van der Waals surface area contributed by atoms with Gasteiger partial charge in [0.15, 0.2) is 5.76 Å². The minimum Gasteiger partial charge on any atom is -0.454 e. The molecule has 2 aromatic rings. The van der Waals surface area contributed by atoms with E-state index in [2.05, 4.69) is 10.4 Å². The largest absolute Gasteiger partial charge is 0.454 e. The molecule has 0 aliphatic heterocycles. The monoisotopic (exact) mass is 275 g/mol. The van der Waals surface area contributed by atoms with Crippen molar-refractivity contribution in [1.29, 1.82) is 0 Å². The molecule has 0 bridgehead atoms. The van der Waals surface area contributed by atoms with Crippen LogP contribution in [0.4, 0.5) is 0 Å². The number of rotatable bonds is 3. The molecule has 20 heavy (non-hydrogen) atoms. The first-order valence-electron chi connectivity index (χ1n) is 6.67. The molecular formula is C15H21N3O2. The Bertz CT molecular complexity index is 617. The van der Waals surface area contributed by atoms with Crippen LogP contribution in [0.15, 0.2) is 22.6 Å². The molecule has 5 heteroatoms. The predicted molar refractivity (Wildman–Crippen MR) is 76.7 cm³/mol. The molecule has 2 rings (SSSR count). The van der Waals surface area contributed by atoms with Gasteiger partial charge in [-0.25, -0.2) is 0 Å². The average Bonchev–Trinajstić information content (AvgIpc) is 2.85. The smallest absolute Gasteiger partial charge is 0.287 e. The summed E-state index contributed by atoms with van der Waals surface area (Å²) in [6.45, 7) is 10.3. The highest BCUT2D eigenvalue weighted by Crippen LogP contribution is 2.12. The topological polar surface area (TPSA) is 60.1 Å². The van der Waals surface area contributed by atoms with E-state index in [9.17, 15) is 4.79 Å². The molecule has 0 aliphatic rings. The number of nitrogens with zero attached hydrogens (tertiary/aromatic N) is 2. The molecular weight excluding hydrogens is 254 g/mol. The number of hydrogen-bond acceptors (Lipinski definition) is 3. The number of hydrogen-bond donors (Lipinski definition) is 1. The van der Waals surface area contributed by atoms with Gasteiger partial charge in [0, 0.05) is 11.2 Å². The quantitative estimate of drug-likeness (QED) is 0.936. The fourth-order valence-corrected chi connectivity index (χ4v) is 1.97. The number of furan rings is 1. The number of aryl methyl sites for hydroxylation is 2. The van der Waals surface area contributed by atoms with Crippen LogP contribution >= 0.6 is 0 Å². The SMILES string of the molecule is Cc1cc(C)n(Cc2ccc(C(=O)NC(C)(C)C)o2)n1. The number of carbonyl (C=O) groups is 1. The van der Waals surface area contributed by atoms with Crippen LogP contribution in [0.1, 0.15) is 48.5 Å². The van der Waals surface area contributed by atoms with Crippen molar-refractivity contribution in [1.82, 2.24) is 15.1 Å². The van der Waals surface area contributed by atoms with Gasteiger partial charge in [0.25, 0.3) is 5.91 Å². The molecule has 0 atom stereocenters. The van der Waals surface area contributed by atoms with E-state index in [1.54, 1.807) is 6.07 Å². The lowest BCUT2D eigenvalue weighted by molar-refractivity contribution is 0.0889. The van der Waals surface area contributed by atoms with Gasteiger partial charge in [0.05, 0.1) is 12.2 Å². The van der Waals surface area contributed by atoms with E-state index in [-0.39, 0.29) is 11.4 Å². The van der Waals surface area contributed by atoms with E-state index in [0.29, 0.717) is 12.3 Å². The van der Waals surface area contributed by atoms with Crippen LogP contribution in [-0.2, 0) is 6.54 Å². The number of carbonyl (C=O) groups excluding carboxylic acids is 1. The van der Waals surface area contributed by atoms with Crippen LogP contribution in [0.25, 0.3) is 0 Å². The van der Waals surface area contributed by atoms with Crippen LogP contribution in [0.5, 0.6) is 0 Å². The minimum absolute atomic E-state index is 0.197. The lowest BCUT2D eigenvalue weighted by Crippen LogP contribution is -2.40. The van der Waals surface area contributed by atoms with Crippen molar-refractivity contribution >= 4 is 5.91 Å². The van der Waals surface area contributed by atoms with Gasteiger partial charge in [-0.2, -0.15) is 5.10 Å². The molecule has 1 amide bonds. The van der Waals surface area contributed by atoms with Gasteiger partial charge in [-0.05, 0) is 52.8 Å². The third-order valence-corrected chi connectivity index (χ3v) is 2.78. The zero-order valence-corrected chi connectivity index (χ0v) is 12.7. The standard InChI is InChI=1S/C15H21N3O2/c1-10-8-11(2)18(17-10)9-12-6-7-13(20-12)14(19)16-15(3,4)5/h6-8H,9H2,1-5H3,(H,16,19). The number of aromatic nitrogens is 2. The second-order valence-corrected chi connectivity index (χ2v) is 6.05. The molecule has 1 N–H and O–H groups in total. The summed E-state index contributed by atoms with van der Waals surface area (Å²) >= 11 is 0. The molecule has 0 saturated carbocycles. The summed E-state index contributed by atoms with van der Waals surface area (Å²) < 4.78 is 7.45. The Morgan fingerprint density at radius 1 is 1.35 bits per heavy atom. The normalized spacial score (nSPS) is 11.7. The van der Waals surface area contributed by atoms with E-state index in [0.717, 1.165) is 17.1 Å². The molecule has 0 aliphatic carbocycles. The van der Waals surface area contributed by atoms with Crippen LogP contribution in [-0.4, -0.2) is 21.2 Å². The molecule has 0 aromatic carbocycles. The lowest BCUT2D eigenvalue weighted by atomic mass is 10.1. The van der Waals surface area contributed by atoms with Crippen LogP contribution < -0.4 is 5.32 Å². The summed E-state index contributed by atoms with van der Waals surface area (Å²) in [5, 5.41) is 7.25. The summed E-state index contributed by atoms with van der Waals surface area (Å²) in [7, 11) is 0. The minimum atomic E-state index is -0.278. The first-order chi connectivity index (χ1) is 9.24. The van der Waals surface area contributed by atoms with Crippen molar-refractivity contribution < 1.29 is 9.21 Å². The second kappa shape index (κ2) is 5.15. The maximum Gasteiger partial charge on any atom is 0.287 e. The Morgan fingerprint density at radius 2 is 2.05 bits per heavy atom. The summed E-state index contributed by atoms with van der Waals surface area (Å²) in [4.78, 5) is 12.0. The first kappa shape index (κ1) is 14.4. The van der Waals surface area contributed by atoms with Crippen molar-refractivity contribution in [3.63, 3.8) is 0 Å². The maximum atomic E-state index is 12.0. The molecule has 0 radical (unpaired) electrons. The van der Waals surface area contributed by atoms with Crippen molar-refractivity contribution in [3.05, 3.63) is 41.1 Å². The van der Waals surface area contributed by atoms with Gasteiger partial charge in [-0.3, -0.25) is 9.48 Å². The van der Waals surface area contributed by atoms with Crippen molar-refractivity contribution in [3.8, 4) is 0 Å². The Hall–Kier alpha value is -2.04. The zero-order valence-electron chi connectivity index (χ0n) is 12.7. The average molecular weight is 275 g/mol. The van der Waals surface area contributed by atoms with E-state index in [1.165, 1.54) is 0 Å². The fourth-order valence-electron chi connectivity index (χ4n) is 1.97. The third-order valence-electron chi connectivity index (χ3n) is 2.78. The number of amides is 1. The van der Waals surface area contributed by atoms with E-state index < -0.39 is 0 Å². The Kier molecular flexibility index (Phi) is 3.70. The highest BCUT2D eigenvalue weighted by Gasteiger charge is 2.18. The van der Waals surface area contributed by atoms with Gasteiger partial charge in [0.2, 0.25) is 0 Å². The molecule has 2 aromatic heterocycles. The van der Waals surface area contributed by atoms with Gasteiger partial charge in [-0.1, -0.05) is 0 Å². The zero-order chi connectivity index (χ0) is 14.9. The van der Waals surface area contributed by atoms with Crippen molar-refractivity contribution in [2.24, 2.45) is 0 Å². The van der Waals surface area contributed by atoms with E-state index >= 15 is 0 Å². The Balaban J connectivity index is 2.09. The van der Waals surface area contributed by atoms with Crippen LogP contribution in [0.3, 0.4) is 0 Å². The maximum absolute atomic E-state index is 12.0. The number of nitrogens with one attached hydrogen (secondary N) is 1. The van der Waals surface area contributed by atoms with Gasteiger partial charge < -0.3 is 9.73 Å². The van der Waals surface area contributed by atoms with Gasteiger partial charge in [-0.15, -0.1) is 0 Å². The molecule has 2 heterocycles. The molecule has 5 nitrogen and oxygen atoms in total. The summed E-state index contributed by atoms with van der Waals surface area (Å²) in [6, 6.07) is 5.52. The molecule has 0 spiro atoms. The van der Waals surface area contributed by atoms with E-state index in [4.69, 9.17) is 4.42 Å². The third kappa shape index (κ3) is 3.50. The highest BCUT2D eigenvalue weighted by atomic mass is 16.4. The second-order valence-electron chi connectivity index (χ2n) is 6.05. The molecule has 0 saturated heterocycles. The van der Waals surface area contributed by atoms with Crippen LogP contribution in [0.2, 0.25) is 0 Å². The lowest BCUT2D eigenvalue weighted by Gasteiger charge is -2.19. The first-order valence-corrected chi connectivity index (χ1v) is 6.67. The Morgan fingerprint density at radius 3 is 2.60 bits per heavy atom. The summed E-state index contributed by atoms with van der Waals surface area (Å²) in [5.41, 5.74) is 1.76. The Labute approximate surface area is 119 Å². The van der Waals surface area contributed by atoms with Gasteiger partial charge in [0.1, 0.15) is 5.76 Å². The van der Waals surface area contributed by atoms with Crippen molar-refractivity contribution in [2.75, 3.05) is 0 Å².